The van der Waals surface area contributed by atoms with Crippen molar-refractivity contribution in [3.63, 3.8) is 0 Å². The molecule has 0 atom stereocenters. The average Bonchev–Trinajstić information content (AvgIpc) is 3.37. The van der Waals surface area contributed by atoms with Crippen LogP contribution in [0.15, 0.2) is 88.6 Å². The van der Waals surface area contributed by atoms with Crippen molar-refractivity contribution in [2.45, 2.75) is 79.0 Å². The summed E-state index contributed by atoms with van der Waals surface area (Å²) in [6.45, 7) is 19.3. The van der Waals surface area contributed by atoms with Gasteiger partial charge in [0.1, 0.15) is 5.76 Å². The Hall–Kier alpha value is -3.32. The number of aryl methyl sites for hydroxylation is 4. The van der Waals surface area contributed by atoms with Crippen LogP contribution in [0.3, 0.4) is 0 Å². The number of aromatic nitrogens is 2. The average molecular weight is 792 g/mol. The fourth-order valence-corrected chi connectivity index (χ4v) is 5.67. The fraction of sp³-hybridized carbons (Fsp3) is 0.333. The van der Waals surface area contributed by atoms with Gasteiger partial charge < -0.3 is 9.67 Å². The van der Waals surface area contributed by atoms with Gasteiger partial charge in [0.05, 0.1) is 10.7 Å². The summed E-state index contributed by atoms with van der Waals surface area (Å²) in [5.74, 6) is 0.762. The second-order valence-corrected chi connectivity index (χ2v) is 15.0. The maximum atomic E-state index is 13.1. The second-order valence-electron chi connectivity index (χ2n) is 13.0. The molecule has 8 heteroatoms. The number of ketones is 1. The summed E-state index contributed by atoms with van der Waals surface area (Å²) in [7, 11) is -3.63. The van der Waals surface area contributed by atoms with E-state index in [4.69, 9.17) is 0 Å². The number of allylic oxidation sites excluding steroid dienone is 2. The fourth-order valence-electron chi connectivity index (χ4n) is 4.39. The van der Waals surface area contributed by atoms with Crippen LogP contribution in [-0.2, 0) is 34.7 Å². The van der Waals surface area contributed by atoms with Crippen LogP contribution in [0.1, 0.15) is 63.8 Å². The van der Waals surface area contributed by atoms with E-state index >= 15 is 0 Å². The molecule has 6 nitrogen and oxygen atoms in total. The number of nitrogens with zero attached hydrogens (tertiary/aromatic N) is 2. The number of sulfone groups is 1. The van der Waals surface area contributed by atoms with E-state index in [1.807, 2.05) is 59.2 Å². The largest absolute Gasteiger partial charge is 0.512 e. The van der Waals surface area contributed by atoms with E-state index in [0.29, 0.717) is 11.4 Å². The smallest absolute Gasteiger partial charge is 0.189 e. The van der Waals surface area contributed by atoms with Gasteiger partial charge in [-0.15, -0.1) is 29.8 Å². The Morgan fingerprint density at radius 2 is 1.41 bits per heavy atom. The van der Waals surface area contributed by atoms with Crippen molar-refractivity contribution >= 4 is 15.6 Å². The van der Waals surface area contributed by atoms with Gasteiger partial charge in [0, 0.05) is 55.1 Å². The number of aliphatic hydroxyl groups is 1. The van der Waals surface area contributed by atoms with Gasteiger partial charge in [-0.25, -0.2) is 8.42 Å². The summed E-state index contributed by atoms with van der Waals surface area (Å²) in [5.41, 5.74) is 5.40. The van der Waals surface area contributed by atoms with Gasteiger partial charge in [0.2, 0.25) is 0 Å². The van der Waals surface area contributed by atoms with Crippen LogP contribution in [0, 0.1) is 44.6 Å². The molecule has 0 saturated heterocycles. The first kappa shape index (κ1) is 36.9. The molecule has 0 aliphatic rings. The van der Waals surface area contributed by atoms with Crippen LogP contribution in [0.2, 0.25) is 0 Å². The summed E-state index contributed by atoms with van der Waals surface area (Å²) >= 11 is 0. The van der Waals surface area contributed by atoms with E-state index in [0.717, 1.165) is 22.4 Å². The van der Waals surface area contributed by atoms with Crippen molar-refractivity contribution in [2.24, 2.45) is 10.8 Å². The topological polar surface area (TPSA) is 89.3 Å². The van der Waals surface area contributed by atoms with Gasteiger partial charge >= 0.3 is 0 Å². The standard InChI is InChI=1S/C25H23N2O2S.C11H20O2.Ir/c1-17-8-10-22(11-9-17)30(28,29)23-7-5-6-21(16-23)25-26-12-13-27(25)24-19(3)14-18(2)15-20(24)4;1-10(2,3)8(12)7-9(13)11(4,5)6;/h5,7-16H,1-4H3;7,12H,1-6H3;/q-1;;/b;8-7-;. The van der Waals surface area contributed by atoms with Crippen LogP contribution in [0.5, 0.6) is 0 Å². The van der Waals surface area contributed by atoms with Crippen LogP contribution in [-0.4, -0.2) is 28.9 Å². The zero-order valence-electron chi connectivity index (χ0n) is 27.2. The molecule has 0 aliphatic carbocycles. The molecule has 0 unspecified atom stereocenters. The zero-order chi connectivity index (χ0) is 32.3. The molecule has 1 heterocycles. The summed E-state index contributed by atoms with van der Waals surface area (Å²) in [5, 5.41) is 9.56. The molecule has 0 amide bonds. The number of hydrogen-bond acceptors (Lipinski definition) is 5. The molecule has 1 radical (unpaired) electrons. The predicted molar refractivity (Wildman–Crippen MR) is 173 cm³/mol. The molecular formula is C36H43IrN2O4S-. The Kier molecular flexibility index (Phi) is 11.9. The molecule has 237 valence electrons. The number of imidazole rings is 1. The Bertz CT molecular complexity index is 1730. The first-order valence-electron chi connectivity index (χ1n) is 14.2. The summed E-state index contributed by atoms with van der Waals surface area (Å²) in [6.07, 6.45) is 4.96. The second kappa shape index (κ2) is 14.2. The van der Waals surface area contributed by atoms with Crippen LogP contribution in [0.4, 0.5) is 0 Å². The molecule has 44 heavy (non-hydrogen) atoms. The number of rotatable bonds is 5. The number of carbonyl (C=O) groups excluding carboxylic acids is 1. The maximum absolute atomic E-state index is 13.1. The van der Waals surface area contributed by atoms with Gasteiger partial charge in [-0.2, -0.15) is 0 Å². The quantitative estimate of drug-likeness (QED) is 0.125. The Morgan fingerprint density at radius 3 is 1.93 bits per heavy atom. The third kappa shape index (κ3) is 8.87. The zero-order valence-corrected chi connectivity index (χ0v) is 30.4. The van der Waals surface area contributed by atoms with E-state index in [9.17, 15) is 18.3 Å². The van der Waals surface area contributed by atoms with Crippen LogP contribution < -0.4 is 0 Å². The first-order valence-corrected chi connectivity index (χ1v) is 15.7. The Morgan fingerprint density at radius 1 is 0.841 bits per heavy atom. The van der Waals surface area contributed by atoms with Gasteiger partial charge in [0.15, 0.2) is 15.6 Å². The summed E-state index contributed by atoms with van der Waals surface area (Å²) in [6, 6.07) is 19.2. The van der Waals surface area contributed by atoms with Gasteiger partial charge in [0.25, 0.3) is 0 Å². The number of carbonyl (C=O) groups is 1. The minimum atomic E-state index is -3.63. The van der Waals surface area contributed by atoms with Gasteiger partial charge in [-0.05, 0) is 55.9 Å². The Balaban J connectivity index is 0.000000412. The first-order chi connectivity index (χ1) is 19.8. The SMILES string of the molecule is CC(C)(C)C(=O)/C=C(\O)C(C)(C)C.Cc1ccc(S(=O)(=O)c2cc[c-]c(-c3nccn3-c3c(C)cc(C)cc3C)c2)cc1.[Ir]. The minimum absolute atomic E-state index is 0. The molecule has 0 spiro atoms. The minimum Gasteiger partial charge on any atom is -0.512 e. The van der Waals surface area contributed by atoms with Crippen LogP contribution >= 0.6 is 0 Å². The van der Waals surface area contributed by atoms with Gasteiger partial charge in [-0.3, -0.25) is 9.78 Å². The molecule has 4 rings (SSSR count). The van der Waals surface area contributed by atoms with Crippen molar-refractivity contribution in [3.05, 3.63) is 107 Å². The van der Waals surface area contributed by atoms with E-state index < -0.39 is 15.3 Å². The summed E-state index contributed by atoms with van der Waals surface area (Å²) < 4.78 is 28.3. The predicted octanol–water partition coefficient (Wildman–Crippen LogP) is 8.49. The summed E-state index contributed by atoms with van der Waals surface area (Å²) in [4.78, 5) is 16.5. The maximum Gasteiger partial charge on any atom is 0.189 e. The van der Waals surface area contributed by atoms with Crippen LogP contribution in [0.25, 0.3) is 17.1 Å². The third-order valence-corrected chi connectivity index (χ3v) is 8.72. The van der Waals surface area contributed by atoms with Crippen molar-refractivity contribution in [1.29, 1.82) is 0 Å². The molecule has 1 aromatic heterocycles. The number of benzene rings is 3. The molecule has 0 saturated carbocycles. The van der Waals surface area contributed by atoms with Crippen molar-refractivity contribution in [1.82, 2.24) is 9.55 Å². The molecule has 3 aromatic carbocycles. The van der Waals surface area contributed by atoms with E-state index in [1.54, 1.807) is 48.7 Å². The normalized spacial score (nSPS) is 12.2. The monoisotopic (exact) mass is 792 g/mol. The van der Waals surface area contributed by atoms with Crippen molar-refractivity contribution < 1.29 is 38.4 Å². The van der Waals surface area contributed by atoms with E-state index in [2.05, 4.69) is 44.0 Å². The third-order valence-electron chi connectivity index (χ3n) is 6.95. The molecule has 0 aliphatic heterocycles. The molecule has 4 aromatic rings. The Labute approximate surface area is 276 Å². The molecule has 0 bridgehead atoms. The van der Waals surface area contributed by atoms with E-state index in [-0.39, 0.29) is 46.9 Å². The van der Waals surface area contributed by atoms with Gasteiger partial charge in [-0.1, -0.05) is 76.9 Å². The van der Waals surface area contributed by atoms with E-state index in [1.165, 1.54) is 11.6 Å². The number of aliphatic hydroxyl groups excluding tert-OH is 1. The molecule has 0 fully saturated rings. The molecular weight excluding hydrogens is 749 g/mol. The van der Waals surface area contributed by atoms with Crippen molar-refractivity contribution in [3.8, 4) is 17.1 Å². The molecule has 1 N–H and O–H groups in total. The number of hydrogen-bond donors (Lipinski definition) is 1. The van der Waals surface area contributed by atoms with Crippen molar-refractivity contribution in [2.75, 3.05) is 0 Å².